The summed E-state index contributed by atoms with van der Waals surface area (Å²) in [7, 11) is -3.66. The van der Waals surface area contributed by atoms with E-state index in [1.165, 1.54) is 4.31 Å². The predicted molar refractivity (Wildman–Crippen MR) is 86.5 cm³/mol. The van der Waals surface area contributed by atoms with E-state index < -0.39 is 10.0 Å². The molecule has 2 N–H and O–H groups in total. The minimum absolute atomic E-state index is 0.000172. The van der Waals surface area contributed by atoms with Gasteiger partial charge in [0.1, 0.15) is 5.76 Å². The Morgan fingerprint density at radius 3 is 2.78 bits per heavy atom. The van der Waals surface area contributed by atoms with Gasteiger partial charge in [-0.25, -0.2) is 5.43 Å². The molecule has 2 unspecified atom stereocenters. The van der Waals surface area contributed by atoms with E-state index in [0.717, 1.165) is 24.1 Å². The lowest BCUT2D eigenvalue weighted by atomic mass is 10.1. The molecule has 1 aromatic heterocycles. The van der Waals surface area contributed by atoms with Gasteiger partial charge >= 0.3 is 0 Å². The fraction of sp³-hybridized carbons (Fsp3) is 0.375. The highest BCUT2D eigenvalue weighted by molar-refractivity contribution is 7.92. The average Bonchev–Trinajstić information content (AvgIpc) is 3.25. The molecular formula is C16H19N3O3S. The number of anilines is 1. The molecule has 0 spiro atoms. The van der Waals surface area contributed by atoms with E-state index in [4.69, 9.17) is 4.42 Å². The van der Waals surface area contributed by atoms with E-state index in [1.54, 1.807) is 12.1 Å². The van der Waals surface area contributed by atoms with Gasteiger partial charge in [-0.3, -0.25) is 9.73 Å². The van der Waals surface area contributed by atoms with E-state index in [9.17, 15) is 8.42 Å². The SMILES string of the molecule is CC1CC(c2ccc(S(=O)(=O)N3CCc4ccccc43)o2)NN1. The minimum atomic E-state index is -3.66. The number of benzene rings is 1. The van der Waals surface area contributed by atoms with Gasteiger partial charge in [-0.15, -0.1) is 0 Å². The molecule has 6 nitrogen and oxygen atoms in total. The summed E-state index contributed by atoms with van der Waals surface area (Å²) in [6, 6.07) is 11.2. The number of hydrazine groups is 1. The van der Waals surface area contributed by atoms with Crippen LogP contribution in [0.1, 0.15) is 30.7 Å². The van der Waals surface area contributed by atoms with Crippen LogP contribution in [-0.4, -0.2) is 21.0 Å². The van der Waals surface area contributed by atoms with Gasteiger partial charge in [0.15, 0.2) is 0 Å². The summed E-state index contributed by atoms with van der Waals surface area (Å²) in [6.45, 7) is 2.52. The monoisotopic (exact) mass is 333 g/mol. The molecule has 3 heterocycles. The Hall–Kier alpha value is -1.83. The van der Waals surface area contributed by atoms with Crippen molar-refractivity contribution in [1.29, 1.82) is 0 Å². The predicted octanol–water partition coefficient (Wildman–Crippen LogP) is 1.96. The van der Waals surface area contributed by atoms with Gasteiger partial charge in [0.2, 0.25) is 5.09 Å². The number of nitrogens with zero attached hydrogens (tertiary/aromatic N) is 1. The van der Waals surface area contributed by atoms with Gasteiger partial charge in [-0.2, -0.15) is 8.42 Å². The first-order valence-corrected chi connectivity index (χ1v) is 9.21. The van der Waals surface area contributed by atoms with Gasteiger partial charge in [0, 0.05) is 12.6 Å². The molecule has 4 rings (SSSR count). The largest absolute Gasteiger partial charge is 0.446 e. The molecule has 1 fully saturated rings. The van der Waals surface area contributed by atoms with Gasteiger partial charge < -0.3 is 4.42 Å². The van der Waals surface area contributed by atoms with E-state index in [0.29, 0.717) is 18.3 Å². The Morgan fingerprint density at radius 2 is 2.00 bits per heavy atom. The van der Waals surface area contributed by atoms with Crippen LogP contribution in [-0.2, 0) is 16.4 Å². The third-order valence-corrected chi connectivity index (χ3v) is 6.12. The molecule has 0 amide bonds. The van der Waals surface area contributed by atoms with Crippen molar-refractivity contribution >= 4 is 15.7 Å². The molecule has 0 bridgehead atoms. The second kappa shape index (κ2) is 5.36. The first-order chi connectivity index (χ1) is 11.1. The molecule has 122 valence electrons. The number of nitrogens with one attached hydrogen (secondary N) is 2. The molecule has 2 aromatic rings. The maximum Gasteiger partial charge on any atom is 0.297 e. The quantitative estimate of drug-likeness (QED) is 0.898. The number of sulfonamides is 1. The molecule has 23 heavy (non-hydrogen) atoms. The smallest absolute Gasteiger partial charge is 0.297 e. The van der Waals surface area contributed by atoms with Crippen LogP contribution in [0.5, 0.6) is 0 Å². The topological polar surface area (TPSA) is 74.6 Å². The Labute approximate surface area is 135 Å². The van der Waals surface area contributed by atoms with Gasteiger partial charge in [0.05, 0.1) is 11.7 Å². The molecule has 0 radical (unpaired) electrons. The molecule has 0 saturated carbocycles. The standard InChI is InChI=1S/C16H19N3O3S/c1-11-10-13(18-17-11)15-6-7-16(22-15)23(20,21)19-9-8-12-4-2-3-5-14(12)19/h2-7,11,13,17-18H,8-10H2,1H3. The van der Waals surface area contributed by atoms with Crippen LogP contribution in [0.15, 0.2) is 45.9 Å². The fourth-order valence-corrected chi connectivity index (χ4v) is 4.66. The average molecular weight is 333 g/mol. The molecule has 2 aliphatic heterocycles. The molecular weight excluding hydrogens is 314 g/mol. The highest BCUT2D eigenvalue weighted by atomic mass is 32.2. The van der Waals surface area contributed by atoms with Crippen molar-refractivity contribution in [1.82, 2.24) is 10.9 Å². The molecule has 1 saturated heterocycles. The van der Waals surface area contributed by atoms with E-state index in [-0.39, 0.29) is 11.1 Å². The number of fused-ring (bicyclic) bond motifs is 1. The Kier molecular flexibility index (Phi) is 3.44. The van der Waals surface area contributed by atoms with Crippen molar-refractivity contribution in [3.05, 3.63) is 47.7 Å². The van der Waals surface area contributed by atoms with Crippen molar-refractivity contribution in [3.63, 3.8) is 0 Å². The lowest BCUT2D eigenvalue weighted by Crippen LogP contribution is -2.29. The zero-order chi connectivity index (χ0) is 16.0. The third-order valence-electron chi connectivity index (χ3n) is 4.43. The van der Waals surface area contributed by atoms with Crippen LogP contribution in [0.3, 0.4) is 0 Å². The number of para-hydroxylation sites is 1. The second-order valence-corrected chi connectivity index (χ2v) is 7.88. The van der Waals surface area contributed by atoms with Crippen molar-refractivity contribution in [3.8, 4) is 0 Å². The van der Waals surface area contributed by atoms with Crippen LogP contribution >= 0.6 is 0 Å². The summed E-state index contributed by atoms with van der Waals surface area (Å²) in [6.07, 6.45) is 1.59. The van der Waals surface area contributed by atoms with Crippen molar-refractivity contribution in [2.45, 2.75) is 36.9 Å². The third kappa shape index (κ3) is 2.45. The van der Waals surface area contributed by atoms with Crippen LogP contribution in [0.2, 0.25) is 0 Å². The van der Waals surface area contributed by atoms with Crippen LogP contribution in [0.4, 0.5) is 5.69 Å². The Balaban J connectivity index is 1.64. The van der Waals surface area contributed by atoms with Crippen LogP contribution in [0, 0.1) is 0 Å². The lowest BCUT2D eigenvalue weighted by molar-refractivity contribution is 0.372. The normalized spacial score (nSPS) is 24.1. The maximum absolute atomic E-state index is 12.9. The van der Waals surface area contributed by atoms with Crippen molar-refractivity contribution in [2.24, 2.45) is 0 Å². The number of rotatable bonds is 3. The lowest BCUT2D eigenvalue weighted by Gasteiger charge is -2.17. The minimum Gasteiger partial charge on any atom is -0.446 e. The van der Waals surface area contributed by atoms with E-state index in [2.05, 4.69) is 17.8 Å². The summed E-state index contributed by atoms with van der Waals surface area (Å²) in [5.74, 6) is 0.646. The maximum atomic E-state index is 12.9. The highest BCUT2D eigenvalue weighted by Crippen LogP contribution is 2.34. The zero-order valence-corrected chi connectivity index (χ0v) is 13.6. The van der Waals surface area contributed by atoms with Gasteiger partial charge in [-0.1, -0.05) is 18.2 Å². The Bertz CT molecular complexity index is 831. The second-order valence-electron chi connectivity index (χ2n) is 6.09. The van der Waals surface area contributed by atoms with Crippen LogP contribution < -0.4 is 15.2 Å². The molecule has 2 aliphatic rings. The summed E-state index contributed by atoms with van der Waals surface area (Å²) >= 11 is 0. The first kappa shape index (κ1) is 14.7. The van der Waals surface area contributed by atoms with E-state index in [1.807, 2.05) is 24.3 Å². The van der Waals surface area contributed by atoms with Gasteiger partial charge in [-0.05, 0) is 43.5 Å². The summed E-state index contributed by atoms with van der Waals surface area (Å²) < 4.78 is 32.9. The number of hydrogen-bond donors (Lipinski definition) is 2. The van der Waals surface area contributed by atoms with Crippen molar-refractivity contribution in [2.75, 3.05) is 10.8 Å². The van der Waals surface area contributed by atoms with Gasteiger partial charge in [0.25, 0.3) is 10.0 Å². The summed E-state index contributed by atoms with van der Waals surface area (Å²) in [4.78, 5) is 0. The molecule has 0 aliphatic carbocycles. The summed E-state index contributed by atoms with van der Waals surface area (Å²) in [5, 5.41) is 0.00514. The Morgan fingerprint density at radius 1 is 1.17 bits per heavy atom. The zero-order valence-electron chi connectivity index (χ0n) is 12.8. The number of hydrogen-bond acceptors (Lipinski definition) is 5. The first-order valence-electron chi connectivity index (χ1n) is 7.77. The summed E-state index contributed by atoms with van der Waals surface area (Å²) in [5.41, 5.74) is 8.04. The molecule has 7 heteroatoms. The fourth-order valence-electron chi connectivity index (χ4n) is 3.23. The number of furan rings is 1. The molecule has 2 atom stereocenters. The highest BCUT2D eigenvalue weighted by Gasteiger charge is 2.34. The molecule has 1 aromatic carbocycles. The van der Waals surface area contributed by atoms with Crippen LogP contribution in [0.25, 0.3) is 0 Å². The van der Waals surface area contributed by atoms with E-state index >= 15 is 0 Å². The van der Waals surface area contributed by atoms with Crippen molar-refractivity contribution < 1.29 is 12.8 Å².